The third-order valence-electron chi connectivity index (χ3n) is 9.85. The summed E-state index contributed by atoms with van der Waals surface area (Å²) >= 11 is 0. The van der Waals surface area contributed by atoms with Crippen LogP contribution in [-0.2, 0) is 0 Å². The second kappa shape index (κ2) is 11.0. The van der Waals surface area contributed by atoms with Crippen LogP contribution in [-0.4, -0.2) is 4.98 Å². The molecule has 0 saturated heterocycles. The van der Waals surface area contributed by atoms with E-state index in [1.54, 1.807) is 0 Å². The van der Waals surface area contributed by atoms with E-state index in [0.29, 0.717) is 0 Å². The minimum absolute atomic E-state index is 0.820. The number of rotatable bonds is 4. The second-order valence-corrected chi connectivity index (χ2v) is 12.6. The summed E-state index contributed by atoms with van der Waals surface area (Å²) < 4.78 is 6.57. The highest BCUT2D eigenvalue weighted by molar-refractivity contribution is 6.22. The van der Waals surface area contributed by atoms with E-state index in [0.717, 1.165) is 44.1 Å². The normalized spacial score (nSPS) is 11.7. The van der Waals surface area contributed by atoms with Crippen LogP contribution in [0, 0.1) is 0 Å². The summed E-state index contributed by atoms with van der Waals surface area (Å²) in [5.41, 5.74) is 13.0. The second-order valence-electron chi connectivity index (χ2n) is 12.6. The lowest BCUT2D eigenvalue weighted by Crippen LogP contribution is -1.92. The molecular formula is C47H29NO. The molecule has 0 unspecified atom stereocenters. The Hall–Kier alpha value is -6.51. The largest absolute Gasteiger partial charge is 0.454 e. The number of nitrogens with zero attached hydrogens (tertiary/aromatic N) is 1. The molecule has 2 nitrogen and oxygen atoms in total. The van der Waals surface area contributed by atoms with Gasteiger partial charge in [-0.1, -0.05) is 152 Å². The number of furan rings is 1. The van der Waals surface area contributed by atoms with E-state index in [9.17, 15) is 0 Å². The van der Waals surface area contributed by atoms with E-state index in [2.05, 4.69) is 158 Å². The number of aromatic nitrogens is 1. The molecule has 0 radical (unpaired) electrons. The average molecular weight is 624 g/mol. The molecule has 10 aromatic rings. The van der Waals surface area contributed by atoms with Gasteiger partial charge in [0, 0.05) is 16.3 Å². The van der Waals surface area contributed by atoms with Crippen molar-refractivity contribution in [3.63, 3.8) is 0 Å². The molecule has 49 heavy (non-hydrogen) atoms. The molecule has 0 fully saturated rings. The van der Waals surface area contributed by atoms with Crippen molar-refractivity contribution < 1.29 is 4.42 Å². The van der Waals surface area contributed by atoms with Gasteiger partial charge in [0.05, 0.1) is 5.52 Å². The summed E-state index contributed by atoms with van der Waals surface area (Å²) in [4.78, 5) is 5.08. The van der Waals surface area contributed by atoms with Gasteiger partial charge in [0.25, 0.3) is 0 Å². The van der Waals surface area contributed by atoms with Crippen LogP contribution in [0.15, 0.2) is 180 Å². The van der Waals surface area contributed by atoms with Crippen molar-refractivity contribution in [3.8, 4) is 44.5 Å². The molecular weight excluding hydrogens is 595 g/mol. The Morgan fingerprint density at radius 2 is 0.796 bits per heavy atom. The van der Waals surface area contributed by atoms with Crippen LogP contribution in [0.1, 0.15) is 0 Å². The van der Waals surface area contributed by atoms with E-state index >= 15 is 0 Å². The number of para-hydroxylation sites is 2. The van der Waals surface area contributed by atoms with Crippen molar-refractivity contribution in [1.82, 2.24) is 4.98 Å². The monoisotopic (exact) mass is 623 g/mol. The van der Waals surface area contributed by atoms with Gasteiger partial charge < -0.3 is 4.42 Å². The first-order valence-electron chi connectivity index (χ1n) is 16.7. The molecule has 2 heterocycles. The first-order valence-corrected chi connectivity index (χ1v) is 16.7. The van der Waals surface area contributed by atoms with Crippen molar-refractivity contribution in [3.05, 3.63) is 176 Å². The van der Waals surface area contributed by atoms with Gasteiger partial charge in [0.2, 0.25) is 0 Å². The van der Waals surface area contributed by atoms with Crippen molar-refractivity contribution in [2.45, 2.75) is 0 Å². The van der Waals surface area contributed by atoms with Crippen LogP contribution in [0.4, 0.5) is 0 Å². The lowest BCUT2D eigenvalue weighted by molar-refractivity contribution is 0.670. The molecule has 0 N–H and O–H groups in total. The molecule has 228 valence electrons. The van der Waals surface area contributed by atoms with Crippen LogP contribution in [0.25, 0.3) is 99.0 Å². The van der Waals surface area contributed by atoms with Gasteiger partial charge >= 0.3 is 0 Å². The van der Waals surface area contributed by atoms with Crippen LogP contribution in [0.5, 0.6) is 0 Å². The van der Waals surface area contributed by atoms with Gasteiger partial charge in [0.15, 0.2) is 5.58 Å². The van der Waals surface area contributed by atoms with E-state index < -0.39 is 0 Å². The Morgan fingerprint density at radius 1 is 0.327 bits per heavy atom. The molecule has 0 atom stereocenters. The maximum absolute atomic E-state index is 6.57. The van der Waals surface area contributed by atoms with Crippen LogP contribution >= 0.6 is 0 Å². The quantitative estimate of drug-likeness (QED) is 0.182. The molecule has 0 bridgehead atoms. The van der Waals surface area contributed by atoms with Crippen LogP contribution in [0.3, 0.4) is 0 Å². The van der Waals surface area contributed by atoms with Gasteiger partial charge in [0.1, 0.15) is 11.1 Å². The predicted octanol–water partition coefficient (Wildman–Crippen LogP) is 13.1. The first kappa shape index (κ1) is 27.6. The fourth-order valence-electron chi connectivity index (χ4n) is 7.66. The summed E-state index contributed by atoms with van der Waals surface area (Å²) in [7, 11) is 0. The van der Waals surface area contributed by atoms with Gasteiger partial charge in [-0.3, -0.25) is 0 Å². The summed E-state index contributed by atoms with van der Waals surface area (Å²) in [6.07, 6.45) is 0. The Balaban J connectivity index is 1.22. The van der Waals surface area contributed by atoms with Crippen molar-refractivity contribution >= 4 is 54.5 Å². The highest BCUT2D eigenvalue weighted by atomic mass is 16.3. The van der Waals surface area contributed by atoms with E-state index in [-0.39, 0.29) is 0 Å². The third-order valence-corrected chi connectivity index (χ3v) is 9.85. The van der Waals surface area contributed by atoms with Gasteiger partial charge in [-0.05, 0) is 84.8 Å². The lowest BCUT2D eigenvalue weighted by atomic mass is 9.85. The van der Waals surface area contributed by atoms with Crippen molar-refractivity contribution in [2.75, 3.05) is 0 Å². The van der Waals surface area contributed by atoms with Crippen molar-refractivity contribution in [1.29, 1.82) is 0 Å². The molecule has 2 heteroatoms. The summed E-state index contributed by atoms with van der Waals surface area (Å²) in [6.45, 7) is 0. The highest BCUT2D eigenvalue weighted by Gasteiger charge is 2.20. The zero-order valence-corrected chi connectivity index (χ0v) is 26.6. The molecule has 0 aliphatic carbocycles. The number of hydrogen-bond donors (Lipinski definition) is 0. The summed E-state index contributed by atoms with van der Waals surface area (Å²) in [5.74, 6) is 0. The fraction of sp³-hybridized carbons (Fsp3) is 0. The van der Waals surface area contributed by atoms with Crippen LogP contribution < -0.4 is 0 Å². The molecule has 0 saturated carbocycles. The Kier molecular flexibility index (Phi) is 6.22. The van der Waals surface area contributed by atoms with E-state index in [1.165, 1.54) is 54.9 Å². The van der Waals surface area contributed by atoms with Crippen molar-refractivity contribution in [2.24, 2.45) is 0 Å². The number of benzene rings is 8. The topological polar surface area (TPSA) is 26.0 Å². The molecule has 0 spiro atoms. The fourth-order valence-corrected chi connectivity index (χ4v) is 7.66. The highest BCUT2D eigenvalue weighted by Crippen LogP contribution is 2.46. The number of fused-ring (bicyclic) bond motifs is 6. The van der Waals surface area contributed by atoms with E-state index in [4.69, 9.17) is 9.40 Å². The zero-order chi connectivity index (χ0) is 32.3. The first-order chi connectivity index (χ1) is 24.3. The maximum atomic E-state index is 6.57. The smallest absolute Gasteiger partial charge is 0.162 e. The zero-order valence-electron chi connectivity index (χ0n) is 26.6. The molecule has 0 amide bonds. The lowest BCUT2D eigenvalue weighted by Gasteiger charge is -2.18. The number of pyridine rings is 1. The minimum Gasteiger partial charge on any atom is -0.454 e. The Labute approximate surface area is 283 Å². The molecule has 0 aliphatic heterocycles. The van der Waals surface area contributed by atoms with Gasteiger partial charge in [-0.25, -0.2) is 4.98 Å². The molecule has 2 aromatic heterocycles. The van der Waals surface area contributed by atoms with Crippen LogP contribution in [0.2, 0.25) is 0 Å². The van der Waals surface area contributed by atoms with Gasteiger partial charge in [-0.15, -0.1) is 0 Å². The third kappa shape index (κ3) is 4.38. The predicted molar refractivity (Wildman–Crippen MR) is 206 cm³/mol. The maximum Gasteiger partial charge on any atom is 0.162 e. The standard InChI is InChI=1S/C47H29NO/c1-2-13-30(14-3-1)31-25-27-32(28-26-31)43-35-17-4-6-19-37(35)44(38-20-7-5-18-36(38)43)33-15-12-16-34(29-33)45-39-21-8-10-23-41(39)48-46-40-22-9-11-24-42(40)49-47(45)46/h1-29H. The summed E-state index contributed by atoms with van der Waals surface area (Å²) in [6, 6.07) is 62.8. The van der Waals surface area contributed by atoms with E-state index in [1.807, 2.05) is 18.2 Å². The number of hydrogen-bond acceptors (Lipinski definition) is 2. The average Bonchev–Trinajstić information content (AvgIpc) is 3.54. The molecule has 10 rings (SSSR count). The Morgan fingerprint density at radius 3 is 1.47 bits per heavy atom. The minimum atomic E-state index is 0.820. The van der Waals surface area contributed by atoms with Gasteiger partial charge in [-0.2, -0.15) is 0 Å². The molecule has 8 aromatic carbocycles. The molecule has 0 aliphatic rings. The Bertz CT molecular complexity index is 2810. The SMILES string of the molecule is c1ccc(-c2ccc(-c3c4ccccc4c(-c4cccc(-c5c6ccccc6nc6c5oc5ccccc56)c4)c4ccccc34)cc2)cc1. The summed E-state index contributed by atoms with van der Waals surface area (Å²) in [5, 5.41) is 7.05.